The molecular weight excluding hydrogens is 296 g/mol. The van der Waals surface area contributed by atoms with E-state index in [1.54, 1.807) is 13.0 Å². The minimum atomic E-state index is -3.38. The second-order valence-electron chi connectivity index (χ2n) is 5.24. The number of nitrogens with zero attached hydrogens (tertiary/aromatic N) is 1. The van der Waals surface area contributed by atoms with Crippen molar-refractivity contribution < 1.29 is 13.5 Å². The highest BCUT2D eigenvalue weighted by Gasteiger charge is 2.31. The number of sulfonamides is 1. The van der Waals surface area contributed by atoms with E-state index in [1.165, 1.54) is 15.6 Å². The van der Waals surface area contributed by atoms with Crippen molar-refractivity contribution in [1.29, 1.82) is 0 Å². The van der Waals surface area contributed by atoms with E-state index in [0.29, 0.717) is 30.3 Å². The van der Waals surface area contributed by atoms with Gasteiger partial charge in [0, 0.05) is 18.0 Å². The molecular formula is C13H22N2O3S2. The molecule has 2 rings (SSSR count). The second-order valence-corrected chi connectivity index (χ2v) is 8.57. The molecule has 0 amide bonds. The van der Waals surface area contributed by atoms with Gasteiger partial charge in [-0.3, -0.25) is 0 Å². The molecule has 7 heteroatoms. The zero-order chi connectivity index (χ0) is 14.8. The van der Waals surface area contributed by atoms with Crippen molar-refractivity contribution in [3.63, 3.8) is 0 Å². The first-order chi connectivity index (χ1) is 9.45. The molecule has 0 saturated carbocycles. The van der Waals surface area contributed by atoms with E-state index in [2.05, 4.69) is 0 Å². The maximum atomic E-state index is 12.5. The van der Waals surface area contributed by atoms with Crippen molar-refractivity contribution in [3.8, 4) is 0 Å². The predicted octanol–water partition coefficient (Wildman–Crippen LogP) is 1.03. The van der Waals surface area contributed by atoms with E-state index in [-0.39, 0.29) is 12.0 Å². The number of piperidine rings is 1. The molecule has 1 unspecified atom stereocenters. The van der Waals surface area contributed by atoms with Gasteiger partial charge in [-0.1, -0.05) is 0 Å². The summed E-state index contributed by atoms with van der Waals surface area (Å²) in [6, 6.07) is 3.51. The van der Waals surface area contributed by atoms with Gasteiger partial charge in [0.2, 0.25) is 0 Å². The van der Waals surface area contributed by atoms with Crippen LogP contribution in [-0.4, -0.2) is 43.6 Å². The maximum Gasteiger partial charge on any atom is 0.252 e. The van der Waals surface area contributed by atoms with Crippen molar-refractivity contribution in [1.82, 2.24) is 4.31 Å². The van der Waals surface area contributed by atoms with Crippen molar-refractivity contribution >= 4 is 21.4 Å². The van der Waals surface area contributed by atoms with Crippen molar-refractivity contribution in [2.45, 2.75) is 36.5 Å². The van der Waals surface area contributed by atoms with E-state index >= 15 is 0 Å². The molecule has 0 spiro atoms. The number of aliphatic hydroxyl groups excluding tert-OH is 1. The van der Waals surface area contributed by atoms with Crippen molar-refractivity contribution in [3.05, 3.63) is 17.0 Å². The molecule has 2 heterocycles. The molecule has 1 aromatic heterocycles. The first kappa shape index (κ1) is 15.9. The average Bonchev–Trinajstić information content (AvgIpc) is 2.88. The largest absolute Gasteiger partial charge is 0.393 e. The lowest BCUT2D eigenvalue weighted by Crippen LogP contribution is -2.40. The first-order valence-corrected chi connectivity index (χ1v) is 9.18. The lowest BCUT2D eigenvalue weighted by atomic mass is 9.93. The Bertz CT molecular complexity index is 532. The van der Waals surface area contributed by atoms with Crippen LogP contribution in [0.3, 0.4) is 0 Å². The molecule has 1 atom stereocenters. The Morgan fingerprint density at radius 2 is 2.10 bits per heavy atom. The molecule has 114 valence electrons. The molecule has 20 heavy (non-hydrogen) atoms. The minimum Gasteiger partial charge on any atom is -0.393 e. The Labute approximate surface area is 124 Å². The van der Waals surface area contributed by atoms with Gasteiger partial charge in [-0.05, 0) is 50.8 Å². The minimum absolute atomic E-state index is 0.206. The smallest absolute Gasteiger partial charge is 0.252 e. The molecule has 1 aliphatic heterocycles. The zero-order valence-corrected chi connectivity index (χ0v) is 13.3. The summed E-state index contributed by atoms with van der Waals surface area (Å²) < 4.78 is 27.0. The normalized spacial score (nSPS) is 20.1. The average molecular weight is 318 g/mol. The Hall–Kier alpha value is -0.470. The molecule has 1 fully saturated rings. The van der Waals surface area contributed by atoms with E-state index in [4.69, 9.17) is 5.73 Å². The molecule has 0 radical (unpaired) electrons. The summed E-state index contributed by atoms with van der Waals surface area (Å²) in [6.45, 7) is 3.27. The van der Waals surface area contributed by atoms with Crippen LogP contribution in [0.5, 0.6) is 0 Å². The second kappa shape index (κ2) is 6.53. The third-order valence-corrected chi connectivity index (χ3v) is 7.31. The van der Waals surface area contributed by atoms with E-state index in [9.17, 15) is 13.5 Å². The SMILES string of the molecule is CC(O)C1CCN(S(=O)(=O)c2ccc(CCN)s2)CC1. The molecule has 0 aromatic carbocycles. The number of nitrogens with two attached hydrogens (primary N) is 1. The van der Waals surface area contributed by atoms with Crippen LogP contribution in [0, 0.1) is 5.92 Å². The Kier molecular flexibility index (Phi) is 5.19. The fourth-order valence-corrected chi connectivity index (χ4v) is 5.49. The van der Waals surface area contributed by atoms with Crippen LogP contribution >= 0.6 is 11.3 Å². The van der Waals surface area contributed by atoms with E-state index < -0.39 is 10.0 Å². The Morgan fingerprint density at radius 3 is 2.65 bits per heavy atom. The van der Waals surface area contributed by atoms with Crippen LogP contribution < -0.4 is 5.73 Å². The van der Waals surface area contributed by atoms with Gasteiger partial charge >= 0.3 is 0 Å². The number of hydrogen-bond acceptors (Lipinski definition) is 5. The molecule has 0 aliphatic carbocycles. The van der Waals surface area contributed by atoms with Crippen LogP contribution in [0.4, 0.5) is 0 Å². The summed E-state index contributed by atoms with van der Waals surface area (Å²) in [5, 5.41) is 9.57. The van der Waals surface area contributed by atoms with Gasteiger partial charge < -0.3 is 10.8 Å². The lowest BCUT2D eigenvalue weighted by Gasteiger charge is -2.32. The van der Waals surface area contributed by atoms with Crippen molar-refractivity contribution in [2.24, 2.45) is 11.7 Å². The highest BCUT2D eigenvalue weighted by atomic mass is 32.2. The fraction of sp³-hybridized carbons (Fsp3) is 0.692. The molecule has 0 bridgehead atoms. The standard InChI is InChI=1S/C13H22N2O3S2/c1-10(16)11-5-8-15(9-6-11)20(17,18)13-3-2-12(19-13)4-7-14/h2-3,10-11,16H,4-9,14H2,1H3. The highest BCUT2D eigenvalue weighted by Crippen LogP contribution is 2.29. The van der Waals surface area contributed by atoms with Gasteiger partial charge in [-0.2, -0.15) is 4.31 Å². The summed E-state index contributed by atoms with van der Waals surface area (Å²) in [5.74, 6) is 0.206. The molecule has 1 aliphatic rings. The molecule has 1 aromatic rings. The summed E-state index contributed by atoms with van der Waals surface area (Å²) in [4.78, 5) is 1.00. The van der Waals surface area contributed by atoms with Crippen LogP contribution in [-0.2, 0) is 16.4 Å². The van der Waals surface area contributed by atoms with Gasteiger partial charge in [-0.15, -0.1) is 11.3 Å². The molecule has 1 saturated heterocycles. The molecule has 3 N–H and O–H groups in total. The maximum absolute atomic E-state index is 12.5. The third-order valence-electron chi connectivity index (χ3n) is 3.80. The van der Waals surface area contributed by atoms with E-state index in [0.717, 1.165) is 17.7 Å². The number of hydrogen-bond donors (Lipinski definition) is 2. The Balaban J connectivity index is 2.07. The van der Waals surface area contributed by atoms with Gasteiger partial charge in [0.1, 0.15) is 4.21 Å². The fourth-order valence-electron chi connectivity index (χ4n) is 2.50. The first-order valence-electron chi connectivity index (χ1n) is 6.92. The van der Waals surface area contributed by atoms with Gasteiger partial charge in [0.25, 0.3) is 10.0 Å². The van der Waals surface area contributed by atoms with Gasteiger partial charge in [0.15, 0.2) is 0 Å². The summed E-state index contributed by atoms with van der Waals surface area (Å²) in [5.41, 5.74) is 5.49. The quantitative estimate of drug-likeness (QED) is 0.849. The van der Waals surface area contributed by atoms with Crippen LogP contribution in [0.2, 0.25) is 0 Å². The van der Waals surface area contributed by atoms with Crippen LogP contribution in [0.15, 0.2) is 16.3 Å². The van der Waals surface area contributed by atoms with E-state index in [1.807, 2.05) is 6.07 Å². The van der Waals surface area contributed by atoms with Crippen LogP contribution in [0.1, 0.15) is 24.6 Å². The summed E-state index contributed by atoms with van der Waals surface area (Å²) in [7, 11) is -3.38. The van der Waals surface area contributed by atoms with Crippen LogP contribution in [0.25, 0.3) is 0 Å². The summed E-state index contributed by atoms with van der Waals surface area (Å²) >= 11 is 1.31. The number of aliphatic hydroxyl groups is 1. The van der Waals surface area contributed by atoms with Gasteiger partial charge in [-0.25, -0.2) is 8.42 Å². The summed E-state index contributed by atoms with van der Waals surface area (Å²) in [6.07, 6.45) is 1.79. The van der Waals surface area contributed by atoms with Gasteiger partial charge in [0.05, 0.1) is 6.10 Å². The molecule has 5 nitrogen and oxygen atoms in total. The number of rotatable bonds is 5. The number of thiophene rings is 1. The monoisotopic (exact) mass is 318 g/mol. The lowest BCUT2D eigenvalue weighted by molar-refractivity contribution is 0.0912. The topological polar surface area (TPSA) is 83.6 Å². The van der Waals surface area contributed by atoms with Crippen molar-refractivity contribution in [2.75, 3.05) is 19.6 Å². The predicted molar refractivity (Wildman–Crippen MR) is 80.2 cm³/mol. The third kappa shape index (κ3) is 3.40. The highest BCUT2D eigenvalue weighted by molar-refractivity contribution is 7.91. The Morgan fingerprint density at radius 1 is 1.45 bits per heavy atom. The zero-order valence-electron chi connectivity index (χ0n) is 11.7.